The number of rotatable bonds is 4. The number of fused-ring (bicyclic) bond motifs is 9. The minimum absolute atomic E-state index is 0.530. The van der Waals surface area contributed by atoms with Gasteiger partial charge in [0.2, 0.25) is 0 Å². The lowest BCUT2D eigenvalue weighted by molar-refractivity contribution is 0.436. The zero-order valence-electron chi connectivity index (χ0n) is 27.3. The Morgan fingerprint density at radius 2 is 0.840 bits per heavy atom. The largest absolute Gasteiger partial charge is 0.457 e. The van der Waals surface area contributed by atoms with E-state index >= 15 is 0 Å². The molecule has 2 heteroatoms. The molecule has 50 heavy (non-hydrogen) atoms. The van der Waals surface area contributed by atoms with Gasteiger partial charge in [-0.1, -0.05) is 158 Å². The molecule has 1 aliphatic heterocycles. The van der Waals surface area contributed by atoms with Crippen LogP contribution >= 0.6 is 0 Å². The fourth-order valence-corrected chi connectivity index (χ4v) is 8.22. The van der Waals surface area contributed by atoms with Crippen molar-refractivity contribution < 1.29 is 4.74 Å². The lowest BCUT2D eigenvalue weighted by Gasteiger charge is -2.39. The molecule has 0 N–H and O–H groups in total. The highest BCUT2D eigenvalue weighted by atomic mass is 16.5. The van der Waals surface area contributed by atoms with Crippen LogP contribution in [0.2, 0.25) is 0 Å². The van der Waals surface area contributed by atoms with Crippen LogP contribution in [0.15, 0.2) is 188 Å². The summed E-state index contributed by atoms with van der Waals surface area (Å²) in [7, 11) is 0. The number of aromatic nitrogens is 1. The first-order chi connectivity index (χ1) is 24.8. The second kappa shape index (κ2) is 11.3. The lowest BCUT2D eigenvalue weighted by atomic mass is 9.66. The van der Waals surface area contributed by atoms with Crippen LogP contribution in [0, 0.1) is 0 Å². The molecule has 0 radical (unpaired) electrons. The minimum atomic E-state index is -0.530. The van der Waals surface area contributed by atoms with Crippen LogP contribution in [-0.2, 0) is 5.41 Å². The lowest BCUT2D eigenvalue weighted by Crippen LogP contribution is -2.32. The summed E-state index contributed by atoms with van der Waals surface area (Å²) in [5.74, 6) is 1.79. The van der Waals surface area contributed by atoms with Crippen molar-refractivity contribution in [1.82, 2.24) is 4.98 Å². The molecule has 0 saturated carbocycles. The molecule has 1 aromatic heterocycles. The minimum Gasteiger partial charge on any atom is -0.457 e. The summed E-state index contributed by atoms with van der Waals surface area (Å²) >= 11 is 0. The van der Waals surface area contributed by atoms with Crippen molar-refractivity contribution in [2.24, 2.45) is 0 Å². The molecule has 0 bridgehead atoms. The Morgan fingerprint density at radius 1 is 0.340 bits per heavy atom. The van der Waals surface area contributed by atoms with Gasteiger partial charge in [-0.3, -0.25) is 0 Å². The summed E-state index contributed by atoms with van der Waals surface area (Å²) < 4.78 is 6.57. The summed E-state index contributed by atoms with van der Waals surface area (Å²) in [5, 5.41) is 0. The van der Waals surface area contributed by atoms with E-state index in [1.807, 2.05) is 0 Å². The van der Waals surface area contributed by atoms with Gasteiger partial charge in [-0.15, -0.1) is 0 Å². The predicted molar refractivity (Wildman–Crippen MR) is 203 cm³/mol. The van der Waals surface area contributed by atoms with Crippen molar-refractivity contribution in [3.63, 3.8) is 0 Å². The molecule has 0 saturated heterocycles. The van der Waals surface area contributed by atoms with Crippen LogP contribution in [0.4, 0.5) is 0 Å². The Labute approximate surface area is 292 Å². The van der Waals surface area contributed by atoms with E-state index < -0.39 is 5.41 Å². The van der Waals surface area contributed by atoms with Crippen LogP contribution < -0.4 is 4.74 Å². The Morgan fingerprint density at radius 3 is 1.56 bits per heavy atom. The van der Waals surface area contributed by atoms with Gasteiger partial charge in [-0.2, -0.15) is 0 Å². The monoisotopic (exact) mass is 637 g/mol. The summed E-state index contributed by atoms with van der Waals surface area (Å²) in [5.41, 5.74) is 15.5. The molecule has 0 amide bonds. The summed E-state index contributed by atoms with van der Waals surface area (Å²) in [6, 6.07) is 67.1. The van der Waals surface area contributed by atoms with E-state index in [0.29, 0.717) is 0 Å². The number of benzene rings is 7. The molecular weight excluding hydrogens is 607 g/mol. The van der Waals surface area contributed by atoms with Gasteiger partial charge >= 0.3 is 0 Å². The van der Waals surface area contributed by atoms with Gasteiger partial charge in [-0.05, 0) is 74.8 Å². The molecule has 1 spiro atoms. The van der Waals surface area contributed by atoms with Gasteiger partial charge in [0.15, 0.2) is 0 Å². The van der Waals surface area contributed by atoms with Crippen LogP contribution in [0.3, 0.4) is 0 Å². The first kappa shape index (κ1) is 28.5. The fraction of sp³-hybridized carbons (Fsp3) is 0.0208. The van der Waals surface area contributed by atoms with Crippen molar-refractivity contribution in [3.05, 3.63) is 210 Å². The maximum atomic E-state index is 6.57. The molecule has 10 rings (SSSR count). The van der Waals surface area contributed by atoms with E-state index in [4.69, 9.17) is 9.72 Å². The average Bonchev–Trinajstić information content (AvgIpc) is 3.49. The van der Waals surface area contributed by atoms with E-state index in [-0.39, 0.29) is 0 Å². The van der Waals surface area contributed by atoms with Crippen LogP contribution in [0.1, 0.15) is 22.3 Å². The van der Waals surface area contributed by atoms with Crippen molar-refractivity contribution in [2.45, 2.75) is 5.41 Å². The van der Waals surface area contributed by atoms with Gasteiger partial charge in [0, 0.05) is 22.3 Å². The summed E-state index contributed by atoms with van der Waals surface area (Å²) in [6.07, 6.45) is 0. The standard InChI is InChI=1S/C48H31NO/c1-3-15-32(16-4-1)34-19-13-20-35(29-34)36-30-43(33-17-5-2-6-18-33)49-44(31-36)38-22-14-26-42-47(38)37-21-7-8-23-39(37)48(42)40-24-9-11-27-45(40)50-46-28-12-10-25-41(46)48/h1-31H. The Hall–Kier alpha value is -6.51. The average molecular weight is 638 g/mol. The Kier molecular flexibility index (Phi) is 6.43. The second-order valence-corrected chi connectivity index (χ2v) is 13.1. The molecule has 2 aliphatic rings. The zero-order chi connectivity index (χ0) is 33.1. The molecule has 0 unspecified atom stereocenters. The van der Waals surface area contributed by atoms with Crippen molar-refractivity contribution in [2.75, 3.05) is 0 Å². The van der Waals surface area contributed by atoms with Gasteiger partial charge in [0.05, 0.1) is 16.8 Å². The van der Waals surface area contributed by atoms with Crippen LogP contribution in [-0.4, -0.2) is 4.98 Å². The first-order valence-corrected chi connectivity index (χ1v) is 17.1. The van der Waals surface area contributed by atoms with Gasteiger partial charge in [-0.25, -0.2) is 4.98 Å². The maximum Gasteiger partial charge on any atom is 0.132 e. The fourth-order valence-electron chi connectivity index (χ4n) is 8.22. The zero-order valence-corrected chi connectivity index (χ0v) is 27.3. The highest BCUT2D eigenvalue weighted by molar-refractivity contribution is 5.96. The number of ether oxygens (including phenoxy) is 1. The van der Waals surface area contributed by atoms with Crippen LogP contribution in [0.5, 0.6) is 11.5 Å². The van der Waals surface area contributed by atoms with Crippen molar-refractivity contribution in [3.8, 4) is 67.4 Å². The summed E-state index contributed by atoms with van der Waals surface area (Å²) in [4.78, 5) is 5.43. The molecule has 8 aromatic rings. The normalized spacial score (nSPS) is 13.1. The third kappa shape index (κ3) is 4.25. The smallest absolute Gasteiger partial charge is 0.132 e. The van der Waals surface area contributed by atoms with E-state index in [9.17, 15) is 0 Å². The number of para-hydroxylation sites is 2. The van der Waals surface area contributed by atoms with E-state index in [2.05, 4.69) is 188 Å². The quantitative estimate of drug-likeness (QED) is 0.192. The number of pyridine rings is 1. The first-order valence-electron chi connectivity index (χ1n) is 17.1. The highest BCUT2D eigenvalue weighted by Gasteiger charge is 2.51. The number of hydrogen-bond acceptors (Lipinski definition) is 2. The third-order valence-corrected chi connectivity index (χ3v) is 10.3. The van der Waals surface area contributed by atoms with E-state index in [0.717, 1.165) is 56.3 Å². The highest BCUT2D eigenvalue weighted by Crippen LogP contribution is 2.63. The maximum absolute atomic E-state index is 6.57. The third-order valence-electron chi connectivity index (χ3n) is 10.3. The SMILES string of the molecule is c1ccc(-c2cccc(-c3cc(-c4ccccc4)nc(-c4cccc5c4-c4ccccc4C54c5ccccc5Oc5ccccc54)c3)c2)cc1. The molecular formula is C48H31NO. The summed E-state index contributed by atoms with van der Waals surface area (Å²) in [6.45, 7) is 0. The number of nitrogens with zero attached hydrogens (tertiary/aromatic N) is 1. The van der Waals surface area contributed by atoms with Gasteiger partial charge in [0.1, 0.15) is 11.5 Å². The van der Waals surface area contributed by atoms with E-state index in [1.165, 1.54) is 33.4 Å². The molecule has 0 fully saturated rings. The Balaban J connectivity index is 1.25. The van der Waals surface area contributed by atoms with Crippen LogP contribution in [0.25, 0.3) is 55.9 Å². The van der Waals surface area contributed by atoms with E-state index in [1.54, 1.807) is 0 Å². The molecule has 2 nitrogen and oxygen atoms in total. The Bertz CT molecular complexity index is 2520. The van der Waals surface area contributed by atoms with Crippen molar-refractivity contribution >= 4 is 0 Å². The molecule has 7 aromatic carbocycles. The van der Waals surface area contributed by atoms with Crippen molar-refractivity contribution in [1.29, 1.82) is 0 Å². The number of hydrogen-bond donors (Lipinski definition) is 0. The molecule has 1 aliphatic carbocycles. The molecule has 2 heterocycles. The second-order valence-electron chi connectivity index (χ2n) is 13.1. The van der Waals surface area contributed by atoms with Gasteiger partial charge in [0.25, 0.3) is 0 Å². The topological polar surface area (TPSA) is 22.1 Å². The predicted octanol–water partition coefficient (Wildman–Crippen LogP) is 12.2. The van der Waals surface area contributed by atoms with Gasteiger partial charge < -0.3 is 4.74 Å². The molecule has 0 atom stereocenters. The molecule has 234 valence electrons.